The fourth-order valence-corrected chi connectivity index (χ4v) is 4.25. The number of carbonyl (C=O) groups excluding carboxylic acids is 1. The Morgan fingerprint density at radius 3 is 2.00 bits per heavy atom. The molecule has 134 valence electrons. The van der Waals surface area contributed by atoms with Gasteiger partial charge in [0.05, 0.1) is 7.11 Å². The number of methoxy groups -OCH3 is 1. The van der Waals surface area contributed by atoms with Crippen LogP contribution in [0.4, 0.5) is 0 Å². The first kappa shape index (κ1) is 18.8. The van der Waals surface area contributed by atoms with E-state index in [0.29, 0.717) is 6.42 Å². The third-order valence-corrected chi connectivity index (χ3v) is 6.11. The van der Waals surface area contributed by atoms with Crippen LogP contribution in [0.1, 0.15) is 96.8 Å². The standard InChI is InChI=1S/C21H38O2/c1-3-4-11-17-14-19(17)16-20-15-18(20)12-9-7-5-6-8-10-13-21(22)23-2/h17-20H,3-16H2,1-2H3. The molecular formula is C21H38O2. The van der Waals surface area contributed by atoms with Crippen molar-refractivity contribution in [3.8, 4) is 0 Å². The molecule has 2 saturated carbocycles. The van der Waals surface area contributed by atoms with Crippen molar-refractivity contribution in [2.24, 2.45) is 23.7 Å². The maximum absolute atomic E-state index is 11.0. The smallest absolute Gasteiger partial charge is 0.305 e. The molecule has 2 rings (SSSR count). The Hall–Kier alpha value is -0.530. The summed E-state index contributed by atoms with van der Waals surface area (Å²) in [7, 11) is 1.47. The molecule has 0 aromatic heterocycles. The van der Waals surface area contributed by atoms with E-state index in [1.165, 1.54) is 71.3 Å². The number of rotatable bonds is 14. The highest BCUT2D eigenvalue weighted by Crippen LogP contribution is 2.54. The predicted octanol–water partition coefficient (Wildman–Crippen LogP) is 6.13. The monoisotopic (exact) mass is 322 g/mol. The van der Waals surface area contributed by atoms with Crippen molar-refractivity contribution in [2.45, 2.75) is 96.8 Å². The Morgan fingerprint density at radius 1 is 0.826 bits per heavy atom. The van der Waals surface area contributed by atoms with Crippen LogP contribution in [-0.2, 0) is 9.53 Å². The zero-order chi connectivity index (χ0) is 16.5. The number of esters is 1. The maximum atomic E-state index is 11.0. The summed E-state index contributed by atoms with van der Waals surface area (Å²) in [5.41, 5.74) is 0. The van der Waals surface area contributed by atoms with Crippen molar-refractivity contribution in [3.63, 3.8) is 0 Å². The summed E-state index contributed by atoms with van der Waals surface area (Å²) in [6.07, 6.45) is 18.7. The second kappa shape index (κ2) is 10.4. The highest BCUT2D eigenvalue weighted by atomic mass is 16.5. The van der Waals surface area contributed by atoms with Gasteiger partial charge in [0.2, 0.25) is 0 Å². The molecule has 2 nitrogen and oxygen atoms in total. The van der Waals surface area contributed by atoms with Gasteiger partial charge in [0.15, 0.2) is 0 Å². The van der Waals surface area contributed by atoms with Crippen LogP contribution in [0.15, 0.2) is 0 Å². The predicted molar refractivity (Wildman–Crippen MR) is 96.3 cm³/mol. The molecule has 0 saturated heterocycles. The molecular weight excluding hydrogens is 284 g/mol. The summed E-state index contributed by atoms with van der Waals surface area (Å²) in [6, 6.07) is 0. The highest BCUT2D eigenvalue weighted by Gasteiger charge is 2.44. The molecule has 2 aliphatic carbocycles. The van der Waals surface area contributed by atoms with Crippen molar-refractivity contribution in [1.29, 1.82) is 0 Å². The average Bonchev–Trinajstić information content (AvgIpc) is 3.47. The van der Waals surface area contributed by atoms with Crippen LogP contribution < -0.4 is 0 Å². The van der Waals surface area contributed by atoms with Crippen LogP contribution in [0.3, 0.4) is 0 Å². The normalized spacial score (nSPS) is 28.6. The summed E-state index contributed by atoms with van der Waals surface area (Å²) in [5, 5.41) is 0. The van der Waals surface area contributed by atoms with E-state index in [2.05, 4.69) is 11.7 Å². The Labute approximate surface area is 143 Å². The minimum atomic E-state index is -0.0580. The molecule has 0 aliphatic heterocycles. The van der Waals surface area contributed by atoms with Gasteiger partial charge in [-0.3, -0.25) is 4.79 Å². The zero-order valence-corrected chi connectivity index (χ0v) is 15.5. The molecule has 2 heteroatoms. The second-order valence-electron chi connectivity index (χ2n) is 8.13. The highest BCUT2D eigenvalue weighted by molar-refractivity contribution is 5.68. The number of hydrogen-bond donors (Lipinski definition) is 0. The Morgan fingerprint density at radius 2 is 1.39 bits per heavy atom. The average molecular weight is 323 g/mol. The second-order valence-corrected chi connectivity index (χ2v) is 8.13. The van der Waals surface area contributed by atoms with Crippen LogP contribution >= 0.6 is 0 Å². The summed E-state index contributed by atoms with van der Waals surface area (Å²) < 4.78 is 4.66. The van der Waals surface area contributed by atoms with Crippen molar-refractivity contribution in [3.05, 3.63) is 0 Å². The van der Waals surface area contributed by atoms with Gasteiger partial charge < -0.3 is 4.74 Å². The van der Waals surface area contributed by atoms with E-state index in [-0.39, 0.29) is 5.97 Å². The number of unbranched alkanes of at least 4 members (excludes halogenated alkanes) is 6. The van der Waals surface area contributed by atoms with E-state index in [1.54, 1.807) is 12.8 Å². The molecule has 2 fully saturated rings. The lowest BCUT2D eigenvalue weighted by molar-refractivity contribution is -0.140. The molecule has 0 radical (unpaired) electrons. The van der Waals surface area contributed by atoms with E-state index in [1.807, 2.05) is 0 Å². The zero-order valence-electron chi connectivity index (χ0n) is 15.5. The molecule has 23 heavy (non-hydrogen) atoms. The number of hydrogen-bond acceptors (Lipinski definition) is 2. The Kier molecular flexibility index (Phi) is 8.47. The summed E-state index contributed by atoms with van der Waals surface area (Å²) in [4.78, 5) is 11.0. The van der Waals surface area contributed by atoms with Crippen molar-refractivity contribution in [1.82, 2.24) is 0 Å². The van der Waals surface area contributed by atoms with Crippen molar-refractivity contribution < 1.29 is 9.53 Å². The van der Waals surface area contributed by atoms with E-state index >= 15 is 0 Å². The SMILES string of the molecule is CCCCC1CC1CC1CC1CCCCCCCCC(=O)OC. The maximum Gasteiger partial charge on any atom is 0.305 e. The van der Waals surface area contributed by atoms with E-state index in [0.717, 1.165) is 30.1 Å². The van der Waals surface area contributed by atoms with Gasteiger partial charge in [-0.15, -0.1) is 0 Å². The molecule has 0 aromatic rings. The van der Waals surface area contributed by atoms with Crippen LogP contribution in [-0.4, -0.2) is 13.1 Å². The molecule has 0 aromatic carbocycles. The Bertz CT molecular complexity index is 339. The molecule has 0 spiro atoms. The largest absolute Gasteiger partial charge is 0.469 e. The van der Waals surface area contributed by atoms with Gasteiger partial charge in [-0.25, -0.2) is 0 Å². The minimum Gasteiger partial charge on any atom is -0.469 e. The summed E-state index contributed by atoms with van der Waals surface area (Å²) in [5.74, 6) is 4.36. The lowest BCUT2D eigenvalue weighted by Gasteiger charge is -2.03. The van der Waals surface area contributed by atoms with Crippen LogP contribution in [0.2, 0.25) is 0 Å². The van der Waals surface area contributed by atoms with Gasteiger partial charge in [0.25, 0.3) is 0 Å². The quantitative estimate of drug-likeness (QED) is 0.284. The number of carbonyl (C=O) groups is 1. The molecule has 0 amide bonds. The van der Waals surface area contributed by atoms with E-state index in [4.69, 9.17) is 0 Å². The lowest BCUT2D eigenvalue weighted by atomic mass is 10.0. The molecule has 0 bridgehead atoms. The van der Waals surface area contributed by atoms with Crippen molar-refractivity contribution in [2.75, 3.05) is 7.11 Å². The van der Waals surface area contributed by atoms with Gasteiger partial charge in [-0.1, -0.05) is 64.7 Å². The third kappa shape index (κ3) is 7.72. The lowest BCUT2D eigenvalue weighted by Crippen LogP contribution is -1.99. The van der Waals surface area contributed by atoms with Gasteiger partial charge in [0, 0.05) is 6.42 Å². The molecule has 0 heterocycles. The van der Waals surface area contributed by atoms with Gasteiger partial charge in [-0.05, 0) is 49.4 Å². The molecule has 0 N–H and O–H groups in total. The topological polar surface area (TPSA) is 26.3 Å². The van der Waals surface area contributed by atoms with Gasteiger partial charge in [-0.2, -0.15) is 0 Å². The summed E-state index contributed by atoms with van der Waals surface area (Å²) >= 11 is 0. The third-order valence-electron chi connectivity index (χ3n) is 6.11. The van der Waals surface area contributed by atoms with Crippen LogP contribution in [0, 0.1) is 23.7 Å². The van der Waals surface area contributed by atoms with Gasteiger partial charge in [0.1, 0.15) is 0 Å². The molecule has 4 atom stereocenters. The first-order valence-electron chi connectivity index (χ1n) is 10.3. The summed E-state index contributed by atoms with van der Waals surface area (Å²) in [6.45, 7) is 2.31. The first-order valence-corrected chi connectivity index (χ1v) is 10.3. The molecule has 2 aliphatic rings. The van der Waals surface area contributed by atoms with Crippen molar-refractivity contribution >= 4 is 5.97 Å². The first-order chi connectivity index (χ1) is 11.2. The van der Waals surface area contributed by atoms with Crippen LogP contribution in [0.5, 0.6) is 0 Å². The van der Waals surface area contributed by atoms with Crippen LogP contribution in [0.25, 0.3) is 0 Å². The minimum absolute atomic E-state index is 0.0580. The number of ether oxygens (including phenoxy) is 1. The molecule has 4 unspecified atom stereocenters. The fourth-order valence-electron chi connectivity index (χ4n) is 4.25. The van der Waals surface area contributed by atoms with E-state index < -0.39 is 0 Å². The Balaban J connectivity index is 1.33. The van der Waals surface area contributed by atoms with E-state index in [9.17, 15) is 4.79 Å². The van der Waals surface area contributed by atoms with Gasteiger partial charge >= 0.3 is 5.97 Å². The fraction of sp³-hybridized carbons (Fsp3) is 0.952.